The highest BCUT2D eigenvalue weighted by Crippen LogP contribution is 2.32. The lowest BCUT2D eigenvalue weighted by Gasteiger charge is -2.10. The summed E-state index contributed by atoms with van der Waals surface area (Å²) in [5, 5.41) is 20.8. The molecule has 0 atom stereocenters. The molecule has 0 saturated carbocycles. The third-order valence-electron chi connectivity index (χ3n) is 16.4. The van der Waals surface area contributed by atoms with E-state index in [1.165, 1.54) is 35.1 Å². The zero-order valence-corrected chi connectivity index (χ0v) is 69.8. The Labute approximate surface area is 683 Å². The number of carbonyl (C=O) groups excluding carboxylic acids is 1. The summed E-state index contributed by atoms with van der Waals surface area (Å²) in [5.74, 6) is 7.71. The molecule has 0 bridgehead atoms. The third-order valence-corrected chi connectivity index (χ3v) is 20.0. The molecule has 0 amide bonds. The van der Waals surface area contributed by atoms with Crippen molar-refractivity contribution in [2.24, 2.45) is 0 Å². The summed E-state index contributed by atoms with van der Waals surface area (Å²) in [5.41, 5.74) is 32.7. The number of nitrogens with one attached hydrogen (secondary N) is 3. The number of nitrogen functional groups attached to an aromatic ring is 4. The number of benzene rings is 8. The number of H-pyrrole nitrogens is 3. The summed E-state index contributed by atoms with van der Waals surface area (Å²) in [4.78, 5) is 71.2. The van der Waals surface area contributed by atoms with Crippen LogP contribution < -0.4 is 32.4 Å². The Kier molecular flexibility index (Phi) is 41.6. The number of nitro benzene ring substituents is 2. The van der Waals surface area contributed by atoms with E-state index in [0.29, 0.717) is 30.2 Å². The van der Waals surface area contributed by atoms with Crippen LogP contribution in [0.3, 0.4) is 0 Å². The molecule has 8 aromatic carbocycles. The van der Waals surface area contributed by atoms with E-state index in [-0.39, 0.29) is 24.5 Å². The van der Waals surface area contributed by atoms with Gasteiger partial charge in [0.2, 0.25) is 0 Å². The van der Waals surface area contributed by atoms with Crippen molar-refractivity contribution in [2.75, 3.05) is 183 Å². The topological polar surface area (TPSA) is 331 Å². The van der Waals surface area contributed by atoms with Gasteiger partial charge in [-0.1, -0.05) is 56.0 Å². The number of rotatable bonds is 34. The Bertz CT molecular complexity index is 4540. The smallest absolute Gasteiger partial charge is 0.295 e. The predicted octanol–water partition coefficient (Wildman–Crippen LogP) is 16.5. The van der Waals surface area contributed by atoms with Crippen LogP contribution in [0.1, 0.15) is 56.3 Å². The molecule has 0 radical (unpaired) electrons. The monoisotopic (exact) mass is 1620 g/mol. The first-order valence-electron chi connectivity index (χ1n) is 36.8. The average Bonchev–Trinajstić information content (AvgIpc) is 1.67. The van der Waals surface area contributed by atoms with Crippen molar-refractivity contribution in [2.45, 2.75) is 60.6 Å². The number of anilines is 4. The van der Waals surface area contributed by atoms with Gasteiger partial charge in [-0.25, -0.2) is 19.3 Å². The van der Waals surface area contributed by atoms with Gasteiger partial charge in [-0.15, -0.1) is 35.3 Å². The molecular formula is C83H115FN18O7S4. The molecule has 11 N–H and O–H groups in total. The lowest BCUT2D eigenvalue weighted by atomic mass is 10.1. The van der Waals surface area contributed by atoms with Crippen molar-refractivity contribution in [1.82, 2.24) is 59.3 Å². The van der Waals surface area contributed by atoms with Crippen molar-refractivity contribution < 1.29 is 28.5 Å². The molecule has 11 rings (SSSR count). The van der Waals surface area contributed by atoms with Crippen LogP contribution in [-0.2, 0) is 0 Å². The molecule has 0 aliphatic carbocycles. The van der Waals surface area contributed by atoms with Gasteiger partial charge in [0.25, 0.3) is 11.4 Å². The number of thiol groups is 1. The number of halogens is 1. The summed E-state index contributed by atoms with van der Waals surface area (Å²) in [7, 11) is 24.9. The fraction of sp³-hybridized carbons (Fsp3) is 0.373. The molecular weight excluding hydrogens is 1510 g/mol. The molecule has 30 heteroatoms. The number of aromatic nitrogens is 6. The molecule has 0 aliphatic heterocycles. The Hall–Kier alpha value is -9.47. The van der Waals surface area contributed by atoms with Gasteiger partial charge in [-0.05, 0) is 257 Å². The molecule has 0 unspecified atom stereocenters. The van der Waals surface area contributed by atoms with Gasteiger partial charge in [0, 0.05) is 68.2 Å². The third kappa shape index (κ3) is 34.4. The van der Waals surface area contributed by atoms with Gasteiger partial charge in [0.15, 0.2) is 0 Å². The van der Waals surface area contributed by atoms with E-state index in [2.05, 4.69) is 175 Å². The summed E-state index contributed by atoms with van der Waals surface area (Å²) in [6, 6.07) is 47.9. The molecule has 25 nitrogen and oxygen atoms in total. The second kappa shape index (κ2) is 49.9. The van der Waals surface area contributed by atoms with Crippen LogP contribution in [-0.4, -0.2) is 236 Å². The summed E-state index contributed by atoms with van der Waals surface area (Å²) in [6.07, 6.45) is 7.42. The van der Waals surface area contributed by atoms with Crippen LogP contribution in [0.2, 0.25) is 0 Å². The zero-order chi connectivity index (χ0) is 81.7. The molecule has 610 valence electrons. The largest absolute Gasteiger partial charge is 0.493 e. The van der Waals surface area contributed by atoms with Gasteiger partial charge in [0.05, 0.1) is 73.6 Å². The minimum Gasteiger partial charge on any atom is -0.493 e. The number of ether oxygens (including phenoxy) is 2. The maximum atomic E-state index is 12.3. The van der Waals surface area contributed by atoms with E-state index in [9.17, 15) is 29.4 Å². The molecule has 0 fully saturated rings. The van der Waals surface area contributed by atoms with E-state index in [4.69, 9.17) is 42.4 Å². The first-order valence-corrected chi connectivity index (χ1v) is 40.3. The standard InChI is InChI=1S/C30H36N6OS.C19H21N3O2.C11H17N3O2S.C11H19N3S.C6H5FN2O2.C5H13NS.CH4/c1-35(2)15-5-17-37-23-11-13-25-27(19-23)33-29(31-25)21-7-9-22(10-8-21)30-32-26-14-12-24(20-28(26)34-30)38-18-6-16-36(3)4;1-22(2)10-3-11-24-16-8-9-17-18(12-16)21-19(20-17)15-6-4-14(13-23)5-7-15;1-13(2)6-3-7-17-9-4-5-10(12)11(8-9)14(15)16;1-14(2)6-3-7-15-9-4-5-10(12)11(13)8-9;7-4-1-2-5(8)6(3-4)9(10)11;1-6(2)4-3-5-7;/h7-14,19-20H,5-6,15-18H2,1-4H3,(H,31,33)(H,32,34);4-9,12-13H,3,10-11H2,1-2H3,(H,20,21);4-5,8H,3,6-7,12H2,1-2H3;4-5,8H,3,6-7,12-13H2,1-2H3;1-3H,8H2;7H,3-5H2,1-2H3;1H4. The fourth-order valence-electron chi connectivity index (χ4n) is 10.5. The number of thioether (sulfide) groups is 3. The van der Waals surface area contributed by atoms with E-state index in [1.54, 1.807) is 30.0 Å². The second-order valence-electron chi connectivity index (χ2n) is 27.7. The van der Waals surface area contributed by atoms with E-state index in [0.717, 1.165) is 190 Å². The van der Waals surface area contributed by atoms with E-state index in [1.807, 2.05) is 110 Å². The number of fused-ring (bicyclic) bond motifs is 3. The lowest BCUT2D eigenvalue weighted by Crippen LogP contribution is -2.15. The molecule has 0 aliphatic rings. The quantitative estimate of drug-likeness (QED) is 0.00353. The van der Waals surface area contributed by atoms with Gasteiger partial charge in [-0.3, -0.25) is 25.0 Å². The van der Waals surface area contributed by atoms with Crippen LogP contribution in [0, 0.1) is 26.0 Å². The number of hydrogen-bond acceptors (Lipinski definition) is 24. The number of imidazole rings is 3. The maximum Gasteiger partial charge on any atom is 0.295 e. The van der Waals surface area contributed by atoms with Crippen molar-refractivity contribution in [3.05, 3.63) is 189 Å². The number of hydrogen-bond donors (Lipinski definition) is 8. The highest BCUT2D eigenvalue weighted by molar-refractivity contribution is 7.99. The molecule has 11 aromatic rings. The van der Waals surface area contributed by atoms with Gasteiger partial charge in [-0.2, -0.15) is 12.6 Å². The molecule has 0 saturated heterocycles. The van der Waals surface area contributed by atoms with Gasteiger partial charge < -0.3 is 76.8 Å². The van der Waals surface area contributed by atoms with Crippen LogP contribution in [0.25, 0.3) is 67.3 Å². The van der Waals surface area contributed by atoms with Crippen LogP contribution in [0.15, 0.2) is 172 Å². The number of aldehydes is 1. The number of nitro groups is 2. The Morgan fingerprint density at radius 3 is 1.13 bits per heavy atom. The normalized spacial score (nSPS) is 11.0. The van der Waals surface area contributed by atoms with E-state index >= 15 is 0 Å². The number of carbonyl (C=O) groups is 1. The van der Waals surface area contributed by atoms with Crippen molar-refractivity contribution in [3.63, 3.8) is 0 Å². The minimum absolute atomic E-state index is 0. The predicted molar refractivity (Wildman–Crippen MR) is 477 cm³/mol. The SMILES string of the molecule is C.CN(C)CCCOc1ccc2nc(-c3ccc(-c4nc5ccc(SCCCN(C)C)cc5[nH]4)cc3)[nH]c2c1.CN(C)CCCOc1ccc2nc(-c3ccc(C=O)cc3)[nH]c2c1.CN(C)CCCS.CN(C)CCCSc1ccc(N)c(N)c1.CN(C)CCCSc1ccc(N)c([N+](=O)[O-])c1.Nc1ccc(F)cc1[N+](=O)[O-]. The Morgan fingerprint density at radius 1 is 0.425 bits per heavy atom. The highest BCUT2D eigenvalue weighted by atomic mass is 32.2. The first kappa shape index (κ1) is 94.1. The van der Waals surface area contributed by atoms with Gasteiger partial charge >= 0.3 is 0 Å². The Morgan fingerprint density at radius 2 is 0.761 bits per heavy atom. The lowest BCUT2D eigenvalue weighted by molar-refractivity contribution is -0.384. The van der Waals surface area contributed by atoms with E-state index < -0.39 is 21.4 Å². The van der Waals surface area contributed by atoms with Crippen LogP contribution in [0.5, 0.6) is 11.5 Å². The number of nitrogens with zero attached hydrogens (tertiary/aromatic N) is 11. The molecule has 0 spiro atoms. The van der Waals surface area contributed by atoms with Crippen molar-refractivity contribution >= 4 is 121 Å². The maximum absolute atomic E-state index is 12.3. The second-order valence-corrected chi connectivity index (χ2v) is 31.7. The fourth-order valence-corrected chi connectivity index (χ4v) is 13.2. The molecule has 3 heterocycles. The molecule has 3 aromatic heterocycles. The van der Waals surface area contributed by atoms with Gasteiger partial charge in [0.1, 0.15) is 52.5 Å². The number of nitrogens with two attached hydrogens (primary N) is 4. The average molecular weight is 1620 g/mol. The zero-order valence-electron chi connectivity index (χ0n) is 66.5. The van der Waals surface area contributed by atoms with Crippen LogP contribution >= 0.6 is 47.9 Å². The number of aromatic amines is 3. The molecule has 113 heavy (non-hydrogen) atoms. The summed E-state index contributed by atoms with van der Waals surface area (Å²) < 4.78 is 24.1. The van der Waals surface area contributed by atoms with Crippen molar-refractivity contribution in [3.8, 4) is 45.7 Å². The van der Waals surface area contributed by atoms with Crippen molar-refractivity contribution in [1.29, 1.82) is 0 Å². The summed E-state index contributed by atoms with van der Waals surface area (Å²) >= 11 is 9.40. The summed E-state index contributed by atoms with van der Waals surface area (Å²) in [6.45, 7) is 7.82. The highest BCUT2D eigenvalue weighted by Gasteiger charge is 2.15. The van der Waals surface area contributed by atoms with Crippen LogP contribution in [0.4, 0.5) is 38.5 Å². The first-order chi connectivity index (χ1) is 53.6. The minimum atomic E-state index is -0.724. The Balaban J connectivity index is 0.000000263.